The van der Waals surface area contributed by atoms with Crippen molar-refractivity contribution in [3.8, 4) is 11.8 Å². The fourth-order valence-corrected chi connectivity index (χ4v) is 4.26. The SMILES string of the molecule is COC(=O)c1cnc(Oc2ccc(C(C)C(c3ccc4oc(=O)n(C)c4c3)C(F)(F)F)c(Cl)c2)nc1. The van der Waals surface area contributed by atoms with Gasteiger partial charge < -0.3 is 13.9 Å². The first kappa shape index (κ1) is 25.2. The van der Waals surface area contributed by atoms with Crippen LogP contribution in [-0.2, 0) is 11.8 Å². The van der Waals surface area contributed by atoms with Crippen LogP contribution in [-0.4, -0.2) is 33.8 Å². The van der Waals surface area contributed by atoms with E-state index in [0.29, 0.717) is 0 Å². The second kappa shape index (κ2) is 9.65. The number of methoxy groups -OCH3 is 1. The molecule has 0 N–H and O–H groups in total. The number of esters is 1. The first-order chi connectivity index (χ1) is 17.0. The number of carbonyl (C=O) groups is 1. The van der Waals surface area contributed by atoms with Crippen LogP contribution in [0, 0.1) is 0 Å². The average molecular weight is 522 g/mol. The van der Waals surface area contributed by atoms with Crippen molar-refractivity contribution in [3.63, 3.8) is 0 Å². The molecule has 0 amide bonds. The Bertz CT molecular complexity index is 1480. The number of hydrogen-bond donors (Lipinski definition) is 0. The van der Waals surface area contributed by atoms with E-state index in [-0.39, 0.29) is 44.6 Å². The lowest BCUT2D eigenvalue weighted by Crippen LogP contribution is -2.26. The number of carbonyl (C=O) groups excluding carboxylic acids is 1. The minimum atomic E-state index is -4.61. The van der Waals surface area contributed by atoms with E-state index in [1.807, 2.05) is 0 Å². The molecule has 2 atom stereocenters. The fraction of sp³-hybridized carbons (Fsp3) is 0.250. The highest BCUT2D eigenvalue weighted by Crippen LogP contribution is 2.47. The lowest BCUT2D eigenvalue weighted by molar-refractivity contribution is -0.154. The number of aryl methyl sites for hydroxylation is 1. The number of halogens is 4. The van der Waals surface area contributed by atoms with Gasteiger partial charge in [-0.2, -0.15) is 13.2 Å². The maximum absolute atomic E-state index is 14.3. The van der Waals surface area contributed by atoms with Gasteiger partial charge in [0.25, 0.3) is 0 Å². The number of benzene rings is 2. The van der Waals surface area contributed by atoms with Crippen LogP contribution in [0.3, 0.4) is 0 Å². The summed E-state index contributed by atoms with van der Waals surface area (Å²) < 4.78 is 59.0. The van der Waals surface area contributed by atoms with E-state index < -0.39 is 29.7 Å². The van der Waals surface area contributed by atoms with Crippen molar-refractivity contribution in [2.24, 2.45) is 7.05 Å². The van der Waals surface area contributed by atoms with Crippen LogP contribution in [0.2, 0.25) is 5.02 Å². The fourth-order valence-electron chi connectivity index (χ4n) is 3.92. The minimum absolute atomic E-state index is 0.0330. The number of hydrogen-bond acceptors (Lipinski definition) is 7. The van der Waals surface area contributed by atoms with Crippen molar-refractivity contribution in [3.05, 3.63) is 81.1 Å². The van der Waals surface area contributed by atoms with Crippen LogP contribution < -0.4 is 10.5 Å². The van der Waals surface area contributed by atoms with Gasteiger partial charge in [0.2, 0.25) is 0 Å². The molecule has 0 aliphatic carbocycles. The lowest BCUT2D eigenvalue weighted by atomic mass is 9.82. The number of ether oxygens (including phenoxy) is 2. The zero-order chi connectivity index (χ0) is 26.2. The summed E-state index contributed by atoms with van der Waals surface area (Å²) in [6.07, 6.45) is -2.18. The van der Waals surface area contributed by atoms with Gasteiger partial charge in [-0.25, -0.2) is 19.6 Å². The van der Waals surface area contributed by atoms with Crippen LogP contribution >= 0.6 is 11.6 Å². The Balaban J connectivity index is 1.63. The maximum Gasteiger partial charge on any atom is 0.419 e. The topological polar surface area (TPSA) is 96.5 Å². The van der Waals surface area contributed by atoms with E-state index >= 15 is 0 Å². The number of nitrogens with zero attached hydrogens (tertiary/aromatic N) is 3. The van der Waals surface area contributed by atoms with Crippen molar-refractivity contribution in [1.29, 1.82) is 0 Å². The number of alkyl halides is 3. The van der Waals surface area contributed by atoms with Gasteiger partial charge in [-0.3, -0.25) is 4.57 Å². The molecule has 188 valence electrons. The molecule has 2 unspecified atom stereocenters. The van der Waals surface area contributed by atoms with Crippen molar-refractivity contribution in [1.82, 2.24) is 14.5 Å². The second-order valence-electron chi connectivity index (χ2n) is 7.99. The molecule has 2 heterocycles. The zero-order valence-corrected chi connectivity index (χ0v) is 19.9. The monoisotopic (exact) mass is 521 g/mol. The van der Waals surface area contributed by atoms with Gasteiger partial charge in [0, 0.05) is 24.5 Å². The van der Waals surface area contributed by atoms with Gasteiger partial charge in [-0.1, -0.05) is 30.7 Å². The first-order valence-electron chi connectivity index (χ1n) is 10.5. The van der Waals surface area contributed by atoms with Gasteiger partial charge in [-0.15, -0.1) is 0 Å². The van der Waals surface area contributed by atoms with Crippen LogP contribution in [0.15, 0.2) is 58.0 Å². The summed E-state index contributed by atoms with van der Waals surface area (Å²) in [5.41, 5.74) is 0.788. The molecule has 0 bridgehead atoms. The average Bonchev–Trinajstić information content (AvgIpc) is 3.11. The molecule has 2 aromatic heterocycles. The molecule has 0 aliphatic rings. The summed E-state index contributed by atoms with van der Waals surface area (Å²) in [5.74, 6) is -4.08. The second-order valence-corrected chi connectivity index (χ2v) is 8.40. The molecule has 0 aliphatic heterocycles. The number of oxazole rings is 1. The van der Waals surface area contributed by atoms with E-state index in [4.69, 9.17) is 20.8 Å². The van der Waals surface area contributed by atoms with Crippen molar-refractivity contribution < 1.29 is 31.9 Å². The van der Waals surface area contributed by atoms with Crippen molar-refractivity contribution >= 4 is 28.7 Å². The van der Waals surface area contributed by atoms with E-state index in [1.165, 1.54) is 69.9 Å². The van der Waals surface area contributed by atoms with Gasteiger partial charge in [0.15, 0.2) is 5.58 Å². The van der Waals surface area contributed by atoms with E-state index in [2.05, 4.69) is 14.7 Å². The highest BCUT2D eigenvalue weighted by Gasteiger charge is 2.45. The molecule has 2 aromatic carbocycles. The highest BCUT2D eigenvalue weighted by molar-refractivity contribution is 6.31. The maximum atomic E-state index is 14.3. The molecular formula is C24H19ClF3N3O5. The molecule has 8 nitrogen and oxygen atoms in total. The largest absolute Gasteiger partial charge is 0.465 e. The molecule has 0 saturated heterocycles. The number of fused-ring (bicyclic) bond motifs is 1. The van der Waals surface area contributed by atoms with Gasteiger partial charge in [-0.05, 0) is 41.3 Å². The summed E-state index contributed by atoms with van der Waals surface area (Å²) in [4.78, 5) is 31.0. The van der Waals surface area contributed by atoms with Crippen molar-refractivity contribution in [2.75, 3.05) is 7.11 Å². The number of aromatic nitrogens is 3. The Hall–Kier alpha value is -3.86. The Morgan fingerprint density at radius 2 is 1.83 bits per heavy atom. The molecule has 0 spiro atoms. The standard InChI is InChI=1S/C24H19ClF3N3O5/c1-12(20(24(26,27)28)13-4-7-19-18(8-13)31(2)23(33)36-19)16-6-5-15(9-17(16)25)35-22-29-10-14(11-30-22)21(32)34-3/h4-12,20H,1-3H3. The molecule has 36 heavy (non-hydrogen) atoms. The molecule has 0 radical (unpaired) electrons. The molecule has 4 aromatic rings. The Labute approximate surface area is 207 Å². The predicted molar refractivity (Wildman–Crippen MR) is 124 cm³/mol. The van der Waals surface area contributed by atoms with Crippen LogP contribution in [0.25, 0.3) is 11.1 Å². The lowest BCUT2D eigenvalue weighted by Gasteiger charge is -2.28. The third-order valence-electron chi connectivity index (χ3n) is 5.75. The number of rotatable bonds is 6. The van der Waals surface area contributed by atoms with E-state index in [9.17, 15) is 22.8 Å². The molecule has 4 rings (SSSR count). The van der Waals surface area contributed by atoms with Gasteiger partial charge in [0.05, 0.1) is 24.1 Å². The predicted octanol–water partition coefficient (Wildman–Crippen LogP) is 5.60. The quantitative estimate of drug-likeness (QED) is 0.304. The van der Waals surface area contributed by atoms with E-state index in [1.54, 1.807) is 0 Å². The Morgan fingerprint density at radius 3 is 2.44 bits per heavy atom. The van der Waals surface area contributed by atoms with Crippen molar-refractivity contribution in [2.45, 2.75) is 24.9 Å². The van der Waals surface area contributed by atoms with Crippen LogP contribution in [0.4, 0.5) is 13.2 Å². The molecule has 12 heteroatoms. The molecule has 0 fully saturated rings. The summed E-state index contributed by atoms with van der Waals surface area (Å²) in [7, 11) is 2.64. The summed E-state index contributed by atoms with van der Waals surface area (Å²) in [6, 6.07) is 8.10. The third-order valence-corrected chi connectivity index (χ3v) is 6.08. The van der Waals surface area contributed by atoms with Gasteiger partial charge >= 0.3 is 23.9 Å². The van der Waals surface area contributed by atoms with Crippen LogP contribution in [0.5, 0.6) is 11.8 Å². The Kier molecular flexibility index (Phi) is 6.77. The molecular weight excluding hydrogens is 503 g/mol. The smallest absolute Gasteiger partial charge is 0.419 e. The highest BCUT2D eigenvalue weighted by atomic mass is 35.5. The van der Waals surface area contributed by atoms with Crippen LogP contribution in [0.1, 0.15) is 40.2 Å². The van der Waals surface area contributed by atoms with E-state index in [0.717, 1.165) is 4.57 Å². The summed E-state index contributed by atoms with van der Waals surface area (Å²) in [5, 5.41) is 0.0530. The Morgan fingerprint density at radius 1 is 1.14 bits per heavy atom. The molecule has 0 saturated carbocycles. The minimum Gasteiger partial charge on any atom is -0.465 e. The zero-order valence-electron chi connectivity index (χ0n) is 19.2. The first-order valence-corrected chi connectivity index (χ1v) is 10.9. The normalized spacial score (nSPS) is 13.4. The summed E-state index contributed by atoms with van der Waals surface area (Å²) >= 11 is 6.37. The summed E-state index contributed by atoms with van der Waals surface area (Å²) in [6.45, 7) is 1.42. The third kappa shape index (κ3) is 4.92. The van der Waals surface area contributed by atoms with Gasteiger partial charge in [0.1, 0.15) is 5.75 Å².